The quantitative estimate of drug-likeness (QED) is 0.526. The van der Waals surface area contributed by atoms with Gasteiger partial charge in [-0.3, -0.25) is 9.69 Å². The van der Waals surface area contributed by atoms with Crippen LogP contribution in [0.4, 0.5) is 0 Å². The number of carbonyl (C=O) groups excluding carboxylic acids is 1. The average Bonchev–Trinajstić information content (AvgIpc) is 2.75. The Bertz CT molecular complexity index is 458. The third kappa shape index (κ3) is 0.883. The number of carboxylic acids is 1. The lowest BCUT2D eigenvalue weighted by Gasteiger charge is -2.47. The maximum absolute atomic E-state index is 11.8. The molecule has 4 atom stereocenters. The second-order valence-electron chi connectivity index (χ2n) is 4.61. The smallest absolute Gasteiger partial charge is 0.353 e. The molecule has 0 saturated carbocycles. The van der Waals surface area contributed by atoms with Gasteiger partial charge >= 0.3 is 5.97 Å². The van der Waals surface area contributed by atoms with E-state index in [4.69, 9.17) is 5.11 Å². The largest absolute Gasteiger partial charge is 0.477 e. The number of aliphatic hydroxyl groups excluding tert-OH is 1. The van der Waals surface area contributed by atoms with E-state index in [9.17, 15) is 14.7 Å². The topological polar surface area (TPSA) is 77.8 Å². The zero-order valence-corrected chi connectivity index (χ0v) is 9.61. The molecule has 1 amide bonds. The molecule has 6 heteroatoms. The summed E-state index contributed by atoms with van der Waals surface area (Å²) in [4.78, 5) is 25.0. The van der Waals surface area contributed by atoms with Gasteiger partial charge in [-0.2, -0.15) is 0 Å². The first-order valence-corrected chi connectivity index (χ1v) is 5.89. The number of hydrogen-bond acceptors (Lipinski definition) is 4. The minimum Gasteiger partial charge on any atom is -0.477 e. The van der Waals surface area contributed by atoms with Crippen molar-refractivity contribution in [3.05, 3.63) is 10.6 Å². The van der Waals surface area contributed by atoms with E-state index < -0.39 is 18.0 Å². The highest BCUT2D eigenvalue weighted by Crippen LogP contribution is 2.71. The highest BCUT2D eigenvalue weighted by molar-refractivity contribution is 8.13. The van der Waals surface area contributed by atoms with Gasteiger partial charge in [-0.1, -0.05) is 0 Å². The molecule has 2 fully saturated rings. The van der Waals surface area contributed by atoms with Gasteiger partial charge in [0, 0.05) is 4.91 Å². The Kier molecular flexibility index (Phi) is 1.67. The summed E-state index contributed by atoms with van der Waals surface area (Å²) in [5, 5.41) is 18.6. The van der Waals surface area contributed by atoms with Crippen LogP contribution in [0.15, 0.2) is 10.6 Å². The van der Waals surface area contributed by atoms with Crippen molar-refractivity contribution >= 4 is 23.6 Å². The first kappa shape index (κ1) is 10.2. The van der Waals surface area contributed by atoms with Crippen molar-refractivity contribution in [1.82, 2.24) is 4.90 Å². The molecule has 3 heterocycles. The number of rotatable bonds is 2. The van der Waals surface area contributed by atoms with Gasteiger partial charge in [0.2, 0.25) is 5.91 Å². The second-order valence-corrected chi connectivity index (χ2v) is 6.07. The van der Waals surface area contributed by atoms with Gasteiger partial charge in [0.05, 0.1) is 22.8 Å². The van der Waals surface area contributed by atoms with Crippen LogP contribution in [0.1, 0.15) is 13.8 Å². The van der Waals surface area contributed by atoms with Crippen LogP contribution in [0.2, 0.25) is 0 Å². The van der Waals surface area contributed by atoms with E-state index in [0.29, 0.717) is 0 Å². The lowest BCUT2D eigenvalue weighted by atomic mass is 9.79. The molecule has 86 valence electrons. The van der Waals surface area contributed by atoms with Gasteiger partial charge < -0.3 is 10.2 Å². The highest BCUT2D eigenvalue weighted by atomic mass is 32.2. The van der Waals surface area contributed by atoms with Crippen LogP contribution in [-0.4, -0.2) is 43.9 Å². The van der Waals surface area contributed by atoms with Crippen LogP contribution in [-0.2, 0) is 9.59 Å². The predicted molar refractivity (Wildman–Crippen MR) is 56.5 cm³/mol. The van der Waals surface area contributed by atoms with Crippen molar-refractivity contribution < 1.29 is 19.8 Å². The summed E-state index contributed by atoms with van der Waals surface area (Å²) in [6.07, 6.45) is -0.721. The van der Waals surface area contributed by atoms with Crippen LogP contribution >= 0.6 is 11.8 Å². The molecule has 0 aliphatic carbocycles. The number of aliphatic carboxylic acids is 1. The van der Waals surface area contributed by atoms with Crippen molar-refractivity contribution in [2.45, 2.75) is 30.7 Å². The number of aliphatic hydroxyl groups is 1. The van der Waals surface area contributed by atoms with Crippen molar-refractivity contribution in [2.75, 3.05) is 0 Å². The molecule has 2 N–H and O–H groups in total. The number of carboxylic acid groups (broad SMARTS) is 1. The lowest BCUT2D eigenvalue weighted by molar-refractivity contribution is -0.162. The predicted octanol–water partition coefficient (Wildman–Crippen LogP) is 0.00950. The molecule has 0 bridgehead atoms. The molecule has 0 aromatic heterocycles. The summed E-state index contributed by atoms with van der Waals surface area (Å²) < 4.78 is -0.275. The standard InChI is InChI=1S/C10H11NO4S/c1-3(12)4-6-10(2)7(16-10)5(9(14)15)11(6)8(4)13/h3-4,6,12H,1-2H3,(H,14,15)/t3-,4?,6?,10?/m1/s1. The number of thioether (sulfide) groups is 1. The fourth-order valence-electron chi connectivity index (χ4n) is 2.79. The molecule has 0 radical (unpaired) electrons. The molecule has 3 aliphatic heterocycles. The molecule has 3 unspecified atom stereocenters. The third-order valence-corrected chi connectivity index (χ3v) is 5.09. The second kappa shape index (κ2) is 2.62. The monoisotopic (exact) mass is 241 g/mol. The molecular weight excluding hydrogens is 230 g/mol. The molecule has 0 aromatic carbocycles. The van der Waals surface area contributed by atoms with Crippen LogP contribution in [0.25, 0.3) is 0 Å². The van der Waals surface area contributed by atoms with Crippen LogP contribution < -0.4 is 0 Å². The van der Waals surface area contributed by atoms with E-state index in [1.165, 1.54) is 16.7 Å². The van der Waals surface area contributed by atoms with E-state index in [2.05, 4.69) is 0 Å². The summed E-state index contributed by atoms with van der Waals surface area (Å²) in [5.74, 6) is -1.77. The molecule has 0 spiro atoms. The van der Waals surface area contributed by atoms with E-state index in [-0.39, 0.29) is 22.4 Å². The van der Waals surface area contributed by atoms with Crippen LogP contribution in [0.5, 0.6) is 0 Å². The van der Waals surface area contributed by atoms with Crippen LogP contribution in [0.3, 0.4) is 0 Å². The number of carbonyl (C=O) groups is 2. The van der Waals surface area contributed by atoms with E-state index in [1.807, 2.05) is 6.92 Å². The van der Waals surface area contributed by atoms with Crippen molar-refractivity contribution in [2.24, 2.45) is 5.92 Å². The Hall–Kier alpha value is -1.01. The maximum atomic E-state index is 11.8. The molecule has 5 nitrogen and oxygen atoms in total. The van der Waals surface area contributed by atoms with Crippen LogP contribution in [0, 0.1) is 5.92 Å². The summed E-state index contributed by atoms with van der Waals surface area (Å²) in [6, 6.07) is -0.175. The Balaban J connectivity index is 2.02. The Morgan fingerprint density at radius 1 is 1.62 bits per heavy atom. The fraction of sp³-hybridized carbons (Fsp3) is 0.600. The van der Waals surface area contributed by atoms with Gasteiger partial charge in [0.25, 0.3) is 0 Å². The minimum atomic E-state index is -1.05. The molecule has 3 rings (SSSR count). The number of fused-ring (bicyclic) bond motifs is 3. The van der Waals surface area contributed by atoms with E-state index in [1.54, 1.807) is 6.92 Å². The zero-order chi connectivity index (χ0) is 11.8. The fourth-order valence-corrected chi connectivity index (χ4v) is 4.04. The number of nitrogens with zero attached hydrogens (tertiary/aromatic N) is 1. The van der Waals surface area contributed by atoms with Gasteiger partial charge in [-0.05, 0) is 13.8 Å². The normalized spacial score (nSPS) is 41.4. The van der Waals surface area contributed by atoms with E-state index >= 15 is 0 Å². The molecule has 0 aromatic rings. The first-order valence-electron chi connectivity index (χ1n) is 5.08. The number of amides is 1. The third-order valence-electron chi connectivity index (χ3n) is 3.61. The van der Waals surface area contributed by atoms with E-state index in [0.717, 1.165) is 4.91 Å². The Morgan fingerprint density at radius 3 is 2.75 bits per heavy atom. The van der Waals surface area contributed by atoms with Gasteiger partial charge in [-0.25, -0.2) is 4.79 Å². The highest BCUT2D eigenvalue weighted by Gasteiger charge is 2.73. The number of hydrogen-bond donors (Lipinski definition) is 2. The molecule has 2 saturated heterocycles. The first-order chi connectivity index (χ1) is 7.39. The molecular formula is C10H11NO4S. The molecule has 16 heavy (non-hydrogen) atoms. The maximum Gasteiger partial charge on any atom is 0.353 e. The summed E-state index contributed by atoms with van der Waals surface area (Å²) in [7, 11) is 0. The summed E-state index contributed by atoms with van der Waals surface area (Å²) in [6.45, 7) is 3.51. The van der Waals surface area contributed by atoms with Gasteiger partial charge in [-0.15, -0.1) is 11.8 Å². The summed E-state index contributed by atoms with van der Waals surface area (Å²) >= 11 is 1.50. The van der Waals surface area contributed by atoms with Crippen molar-refractivity contribution in [3.63, 3.8) is 0 Å². The van der Waals surface area contributed by atoms with Gasteiger partial charge in [0.15, 0.2) is 0 Å². The molecule has 3 aliphatic rings. The van der Waals surface area contributed by atoms with Gasteiger partial charge in [0.1, 0.15) is 5.70 Å². The Morgan fingerprint density at radius 2 is 2.25 bits per heavy atom. The zero-order valence-electron chi connectivity index (χ0n) is 8.80. The average molecular weight is 241 g/mol. The summed E-state index contributed by atoms with van der Waals surface area (Å²) in [5.41, 5.74) is 0.124. The lowest BCUT2D eigenvalue weighted by Crippen LogP contribution is -2.66. The van der Waals surface area contributed by atoms with Crippen molar-refractivity contribution in [3.8, 4) is 0 Å². The number of β-lactam (4-membered cyclic amide) rings is 1. The SMILES string of the molecule is C[C@@H](O)C1C(=O)N2C(C(=O)O)=C3SC3(C)C12. The Labute approximate surface area is 96.1 Å². The minimum absolute atomic E-state index is 0.124. The van der Waals surface area contributed by atoms with Crippen molar-refractivity contribution in [1.29, 1.82) is 0 Å².